The molecule has 0 bridgehead atoms. The van der Waals surface area contributed by atoms with Gasteiger partial charge in [0.05, 0.1) is 0 Å². The van der Waals surface area contributed by atoms with Gasteiger partial charge in [-0.15, -0.1) is 11.3 Å². The SMILES string of the molecule is CCC(=O)c1csc(NC(=O)O)n1. The first kappa shape index (κ1) is 9.66. The molecule has 13 heavy (non-hydrogen) atoms. The quantitative estimate of drug-likeness (QED) is 0.729. The zero-order valence-electron chi connectivity index (χ0n) is 6.90. The average Bonchev–Trinajstić information content (AvgIpc) is 2.50. The van der Waals surface area contributed by atoms with Gasteiger partial charge in [0, 0.05) is 11.8 Å². The number of amides is 1. The van der Waals surface area contributed by atoms with Crippen molar-refractivity contribution in [1.82, 2.24) is 4.98 Å². The number of nitrogens with zero attached hydrogens (tertiary/aromatic N) is 1. The van der Waals surface area contributed by atoms with Crippen LogP contribution in [0.25, 0.3) is 0 Å². The van der Waals surface area contributed by atoms with Gasteiger partial charge in [-0.05, 0) is 0 Å². The summed E-state index contributed by atoms with van der Waals surface area (Å²) in [6.07, 6.45) is -0.805. The fourth-order valence-corrected chi connectivity index (χ4v) is 1.44. The lowest BCUT2D eigenvalue weighted by Crippen LogP contribution is -2.07. The Hall–Kier alpha value is -1.43. The van der Waals surface area contributed by atoms with Gasteiger partial charge in [0.15, 0.2) is 10.9 Å². The third-order valence-electron chi connectivity index (χ3n) is 1.32. The van der Waals surface area contributed by atoms with Gasteiger partial charge in [-0.3, -0.25) is 10.1 Å². The van der Waals surface area contributed by atoms with Crippen LogP contribution in [-0.4, -0.2) is 22.0 Å². The van der Waals surface area contributed by atoms with E-state index in [1.807, 2.05) is 0 Å². The molecule has 70 valence electrons. The van der Waals surface area contributed by atoms with Crippen molar-refractivity contribution in [2.75, 3.05) is 5.32 Å². The first-order valence-corrected chi connectivity index (χ1v) is 4.50. The molecule has 1 aromatic heterocycles. The fraction of sp³-hybridized carbons (Fsp3) is 0.286. The van der Waals surface area contributed by atoms with Crippen LogP contribution in [0.5, 0.6) is 0 Å². The molecule has 0 spiro atoms. The minimum atomic E-state index is -1.18. The standard InChI is InChI=1S/C7H8N2O3S/c1-2-5(10)4-3-13-6(8-4)9-7(11)12/h3H,2H2,1H3,(H,8,9)(H,11,12). The van der Waals surface area contributed by atoms with E-state index in [9.17, 15) is 9.59 Å². The van der Waals surface area contributed by atoms with Crippen molar-refractivity contribution in [1.29, 1.82) is 0 Å². The number of nitrogens with one attached hydrogen (secondary N) is 1. The van der Waals surface area contributed by atoms with Crippen LogP contribution in [0.2, 0.25) is 0 Å². The van der Waals surface area contributed by atoms with E-state index < -0.39 is 6.09 Å². The molecule has 1 amide bonds. The van der Waals surface area contributed by atoms with Crippen molar-refractivity contribution in [3.63, 3.8) is 0 Å². The van der Waals surface area contributed by atoms with Crippen LogP contribution in [0.15, 0.2) is 5.38 Å². The number of rotatable bonds is 3. The van der Waals surface area contributed by atoms with E-state index in [-0.39, 0.29) is 10.9 Å². The van der Waals surface area contributed by atoms with Crippen LogP contribution < -0.4 is 5.32 Å². The molecule has 0 aliphatic heterocycles. The average molecular weight is 200 g/mol. The molecule has 0 fully saturated rings. The van der Waals surface area contributed by atoms with Gasteiger partial charge in [-0.2, -0.15) is 0 Å². The van der Waals surface area contributed by atoms with Crippen molar-refractivity contribution in [2.45, 2.75) is 13.3 Å². The molecule has 0 atom stereocenters. The van der Waals surface area contributed by atoms with Crippen LogP contribution in [0.1, 0.15) is 23.8 Å². The molecule has 0 radical (unpaired) electrons. The predicted octanol–water partition coefficient (Wildman–Crippen LogP) is 1.83. The molecule has 0 aliphatic rings. The van der Waals surface area contributed by atoms with E-state index >= 15 is 0 Å². The van der Waals surface area contributed by atoms with Crippen LogP contribution >= 0.6 is 11.3 Å². The normalized spacial score (nSPS) is 9.62. The Labute approximate surface area is 78.4 Å². The number of hydrogen-bond acceptors (Lipinski definition) is 4. The number of thiazole rings is 1. The summed E-state index contributed by atoms with van der Waals surface area (Å²) in [7, 11) is 0. The zero-order valence-corrected chi connectivity index (χ0v) is 7.72. The van der Waals surface area contributed by atoms with Gasteiger partial charge in [-0.1, -0.05) is 6.92 Å². The highest BCUT2D eigenvalue weighted by Gasteiger charge is 2.09. The summed E-state index contributed by atoms with van der Waals surface area (Å²) in [5, 5.41) is 12.2. The molecule has 0 aliphatic carbocycles. The second-order valence-corrected chi connectivity index (χ2v) is 3.10. The summed E-state index contributed by atoms with van der Waals surface area (Å²) in [5.74, 6) is -0.0883. The first-order chi connectivity index (χ1) is 6.13. The smallest absolute Gasteiger partial charge is 0.410 e. The lowest BCUT2D eigenvalue weighted by Gasteiger charge is -1.91. The van der Waals surface area contributed by atoms with Crippen molar-refractivity contribution >= 4 is 28.3 Å². The molecule has 5 nitrogen and oxygen atoms in total. The van der Waals surface area contributed by atoms with Crippen LogP contribution in [0.4, 0.5) is 9.93 Å². The molecule has 2 N–H and O–H groups in total. The molecule has 6 heteroatoms. The highest BCUT2D eigenvalue weighted by Crippen LogP contribution is 2.16. The minimum Gasteiger partial charge on any atom is -0.465 e. The first-order valence-electron chi connectivity index (χ1n) is 3.62. The maximum atomic E-state index is 11.1. The number of ketones is 1. The molecular formula is C7H8N2O3S. The third-order valence-corrected chi connectivity index (χ3v) is 2.08. The number of aromatic nitrogens is 1. The summed E-state index contributed by atoms with van der Waals surface area (Å²) in [6.45, 7) is 1.73. The Morgan fingerprint density at radius 2 is 2.38 bits per heavy atom. The van der Waals surface area contributed by atoms with Gasteiger partial charge >= 0.3 is 6.09 Å². The van der Waals surface area contributed by atoms with Gasteiger partial charge < -0.3 is 5.11 Å². The summed E-state index contributed by atoms with van der Waals surface area (Å²) in [4.78, 5) is 25.1. The van der Waals surface area contributed by atoms with Gasteiger partial charge in [0.25, 0.3) is 0 Å². The number of carboxylic acid groups (broad SMARTS) is 1. The monoisotopic (exact) mass is 200 g/mol. The summed E-state index contributed by atoms with van der Waals surface area (Å²) in [5.41, 5.74) is 0.316. The maximum absolute atomic E-state index is 11.1. The Bertz CT molecular complexity index is 334. The molecule has 0 unspecified atom stereocenters. The molecule has 0 aromatic carbocycles. The van der Waals surface area contributed by atoms with Gasteiger partial charge in [0.1, 0.15) is 5.69 Å². The lowest BCUT2D eigenvalue weighted by molar-refractivity contribution is 0.0984. The summed E-state index contributed by atoms with van der Waals surface area (Å²) in [6, 6.07) is 0. The van der Waals surface area contributed by atoms with Crippen LogP contribution in [-0.2, 0) is 0 Å². The van der Waals surface area contributed by atoms with Crippen molar-refractivity contribution < 1.29 is 14.7 Å². The summed E-state index contributed by atoms with van der Waals surface area (Å²) >= 11 is 1.10. The number of Topliss-reactive ketones (excluding diaryl/α,β-unsaturated/α-hetero) is 1. The van der Waals surface area contributed by atoms with E-state index in [0.717, 1.165) is 11.3 Å². The second kappa shape index (κ2) is 3.99. The molecular weight excluding hydrogens is 192 g/mol. The largest absolute Gasteiger partial charge is 0.465 e. The zero-order chi connectivity index (χ0) is 9.84. The van der Waals surface area contributed by atoms with Crippen LogP contribution in [0, 0.1) is 0 Å². The third kappa shape index (κ3) is 2.51. The Morgan fingerprint density at radius 3 is 2.92 bits per heavy atom. The highest BCUT2D eigenvalue weighted by molar-refractivity contribution is 7.14. The van der Waals surface area contributed by atoms with Crippen molar-refractivity contribution in [3.05, 3.63) is 11.1 Å². The molecule has 1 rings (SSSR count). The molecule has 1 aromatic rings. The van der Waals surface area contributed by atoms with E-state index in [2.05, 4.69) is 10.3 Å². The van der Waals surface area contributed by atoms with E-state index in [0.29, 0.717) is 12.1 Å². The fourth-order valence-electron chi connectivity index (χ4n) is 0.732. The van der Waals surface area contributed by atoms with Gasteiger partial charge in [0.2, 0.25) is 0 Å². The Morgan fingerprint density at radius 1 is 1.69 bits per heavy atom. The predicted molar refractivity (Wildman–Crippen MR) is 48.4 cm³/mol. The summed E-state index contributed by atoms with van der Waals surface area (Å²) < 4.78 is 0. The van der Waals surface area contributed by atoms with Gasteiger partial charge in [-0.25, -0.2) is 9.78 Å². The second-order valence-electron chi connectivity index (χ2n) is 2.24. The maximum Gasteiger partial charge on any atom is 0.410 e. The topological polar surface area (TPSA) is 79.3 Å². The minimum absolute atomic E-state index is 0.0883. The highest BCUT2D eigenvalue weighted by atomic mass is 32.1. The molecule has 0 saturated carbocycles. The number of hydrogen-bond donors (Lipinski definition) is 2. The van der Waals surface area contributed by atoms with Crippen LogP contribution in [0.3, 0.4) is 0 Å². The Balaban J connectivity index is 2.74. The van der Waals surface area contributed by atoms with Crippen molar-refractivity contribution in [2.24, 2.45) is 0 Å². The van der Waals surface area contributed by atoms with Crippen molar-refractivity contribution in [3.8, 4) is 0 Å². The molecule has 1 heterocycles. The van der Waals surface area contributed by atoms with E-state index in [1.54, 1.807) is 6.92 Å². The number of anilines is 1. The van der Waals surface area contributed by atoms with E-state index in [4.69, 9.17) is 5.11 Å². The number of carbonyl (C=O) groups is 2. The lowest BCUT2D eigenvalue weighted by atomic mass is 10.2. The molecule has 0 saturated heterocycles. The van der Waals surface area contributed by atoms with E-state index in [1.165, 1.54) is 5.38 Å². The number of carbonyl (C=O) groups excluding carboxylic acids is 1. The Kier molecular flexibility index (Phi) is 2.97.